The van der Waals surface area contributed by atoms with Crippen LogP contribution < -0.4 is 4.74 Å². The van der Waals surface area contributed by atoms with Gasteiger partial charge < -0.3 is 14.4 Å². The number of ether oxygens (including phenoxy) is 2. The van der Waals surface area contributed by atoms with Gasteiger partial charge in [-0.3, -0.25) is 0 Å². The summed E-state index contributed by atoms with van der Waals surface area (Å²) in [5.74, 6) is 0.991. The van der Waals surface area contributed by atoms with E-state index in [4.69, 9.17) is 9.47 Å². The number of amides is 1. The Bertz CT molecular complexity index is 511. The molecule has 1 aromatic heterocycles. The van der Waals surface area contributed by atoms with Crippen molar-refractivity contribution in [1.29, 1.82) is 0 Å². The molecule has 0 spiro atoms. The maximum absolute atomic E-state index is 12.1. The van der Waals surface area contributed by atoms with E-state index < -0.39 is 5.60 Å². The molecule has 0 bridgehead atoms. The molecule has 6 nitrogen and oxygen atoms in total. The molecule has 0 unspecified atom stereocenters. The smallest absolute Gasteiger partial charge is 0.410 e. The Morgan fingerprint density at radius 3 is 2.78 bits per heavy atom. The van der Waals surface area contributed by atoms with Gasteiger partial charge in [-0.2, -0.15) is 5.10 Å². The lowest BCUT2D eigenvalue weighted by Gasteiger charge is -2.34. The molecule has 1 aromatic rings. The highest BCUT2D eigenvalue weighted by molar-refractivity contribution is 5.68. The molecule has 0 aliphatic carbocycles. The molecule has 0 aromatic carbocycles. The normalized spacial score (nSPS) is 18.6. The highest BCUT2D eigenvalue weighted by Crippen LogP contribution is 2.22. The maximum Gasteiger partial charge on any atom is 0.410 e. The van der Waals surface area contributed by atoms with Gasteiger partial charge in [-0.05, 0) is 58.9 Å². The van der Waals surface area contributed by atoms with Crippen molar-refractivity contribution < 1.29 is 14.3 Å². The Labute approximate surface area is 138 Å². The quantitative estimate of drug-likeness (QED) is 0.852. The van der Waals surface area contributed by atoms with Gasteiger partial charge in [0.15, 0.2) is 0 Å². The van der Waals surface area contributed by atoms with E-state index in [1.807, 2.05) is 44.7 Å². The fourth-order valence-electron chi connectivity index (χ4n) is 2.59. The summed E-state index contributed by atoms with van der Waals surface area (Å²) in [5.41, 5.74) is 0.426. The van der Waals surface area contributed by atoms with E-state index >= 15 is 0 Å². The van der Waals surface area contributed by atoms with Crippen molar-refractivity contribution >= 4 is 6.09 Å². The first-order valence-corrected chi connectivity index (χ1v) is 8.24. The van der Waals surface area contributed by atoms with Crippen LogP contribution in [0.2, 0.25) is 0 Å². The van der Waals surface area contributed by atoms with Crippen molar-refractivity contribution in [2.24, 2.45) is 5.92 Å². The van der Waals surface area contributed by atoms with Crippen LogP contribution >= 0.6 is 0 Å². The van der Waals surface area contributed by atoms with Crippen molar-refractivity contribution in [3.05, 3.63) is 17.8 Å². The van der Waals surface area contributed by atoms with Crippen LogP contribution in [-0.2, 0) is 4.74 Å². The van der Waals surface area contributed by atoms with E-state index in [-0.39, 0.29) is 6.09 Å². The lowest BCUT2D eigenvalue weighted by atomic mass is 9.95. The predicted molar refractivity (Wildman–Crippen MR) is 87.4 cm³/mol. The number of nitrogens with zero attached hydrogens (tertiary/aromatic N) is 3. The third-order valence-corrected chi connectivity index (χ3v) is 3.72. The van der Waals surface area contributed by atoms with Crippen molar-refractivity contribution in [2.45, 2.75) is 52.6 Å². The van der Waals surface area contributed by atoms with Gasteiger partial charge in [-0.25, -0.2) is 4.79 Å². The summed E-state index contributed by atoms with van der Waals surface area (Å²) in [6.45, 7) is 9.66. The summed E-state index contributed by atoms with van der Waals surface area (Å²) >= 11 is 0. The number of rotatable bonds is 4. The van der Waals surface area contributed by atoms with Gasteiger partial charge in [-0.1, -0.05) is 0 Å². The average molecular weight is 321 g/mol. The van der Waals surface area contributed by atoms with Gasteiger partial charge in [0.05, 0.1) is 12.3 Å². The first-order valence-electron chi connectivity index (χ1n) is 8.24. The van der Waals surface area contributed by atoms with E-state index in [2.05, 4.69) is 10.2 Å². The fourth-order valence-corrected chi connectivity index (χ4v) is 2.59. The number of aryl methyl sites for hydroxylation is 1. The van der Waals surface area contributed by atoms with E-state index in [1.165, 1.54) is 0 Å². The Morgan fingerprint density at radius 1 is 1.35 bits per heavy atom. The third kappa shape index (κ3) is 6.04. The molecule has 2 heterocycles. The van der Waals surface area contributed by atoms with E-state index in [0.717, 1.165) is 38.0 Å². The molecule has 0 radical (unpaired) electrons. The molecule has 0 N–H and O–H groups in total. The number of likely N-dealkylation sites (tertiary alicyclic amines) is 1. The third-order valence-electron chi connectivity index (χ3n) is 3.72. The minimum absolute atomic E-state index is 0.215. The number of carbonyl (C=O) groups is 1. The molecule has 1 atom stereocenters. The SMILES string of the molecule is Cc1ccc(OCC[C@H]2CCCN(C(=O)OC(C)(C)C)C2)nn1. The van der Waals surface area contributed by atoms with E-state index in [9.17, 15) is 4.79 Å². The lowest BCUT2D eigenvalue weighted by molar-refractivity contribution is 0.0154. The fraction of sp³-hybridized carbons (Fsp3) is 0.706. The Morgan fingerprint density at radius 2 is 2.13 bits per heavy atom. The van der Waals surface area contributed by atoms with Crippen LogP contribution in [0.15, 0.2) is 12.1 Å². The van der Waals surface area contributed by atoms with Gasteiger partial charge in [0, 0.05) is 19.2 Å². The number of piperidine rings is 1. The molecule has 1 aliphatic heterocycles. The first-order chi connectivity index (χ1) is 10.8. The van der Waals surface area contributed by atoms with Gasteiger partial charge in [-0.15, -0.1) is 5.10 Å². The summed E-state index contributed by atoms with van der Waals surface area (Å²) in [7, 11) is 0. The van der Waals surface area contributed by atoms with E-state index in [0.29, 0.717) is 18.4 Å². The van der Waals surface area contributed by atoms with Crippen LogP contribution in [0.3, 0.4) is 0 Å². The molecule has 2 rings (SSSR count). The Kier molecular flexibility index (Phi) is 5.80. The number of aromatic nitrogens is 2. The van der Waals surface area contributed by atoms with Gasteiger partial charge in [0.2, 0.25) is 5.88 Å². The Balaban J connectivity index is 1.75. The summed E-state index contributed by atoms with van der Waals surface area (Å²) in [5, 5.41) is 7.96. The van der Waals surface area contributed by atoms with Gasteiger partial charge in [0.25, 0.3) is 0 Å². The maximum atomic E-state index is 12.1. The summed E-state index contributed by atoms with van der Waals surface area (Å²) in [4.78, 5) is 14.0. The summed E-state index contributed by atoms with van der Waals surface area (Å²) < 4.78 is 11.1. The van der Waals surface area contributed by atoms with Crippen LogP contribution in [0.5, 0.6) is 5.88 Å². The second-order valence-corrected chi connectivity index (χ2v) is 7.08. The van der Waals surface area contributed by atoms with Gasteiger partial charge >= 0.3 is 6.09 Å². The predicted octanol–water partition coefficient (Wildman–Crippen LogP) is 3.20. The molecular weight excluding hydrogens is 294 g/mol. The lowest BCUT2D eigenvalue weighted by Crippen LogP contribution is -2.43. The summed E-state index contributed by atoms with van der Waals surface area (Å²) in [6.07, 6.45) is 2.80. The molecule has 1 amide bonds. The molecule has 128 valence electrons. The highest BCUT2D eigenvalue weighted by Gasteiger charge is 2.27. The zero-order valence-electron chi connectivity index (χ0n) is 14.5. The molecule has 23 heavy (non-hydrogen) atoms. The minimum atomic E-state index is -0.447. The number of hydrogen-bond donors (Lipinski definition) is 0. The molecule has 0 saturated carbocycles. The zero-order valence-corrected chi connectivity index (χ0v) is 14.5. The Hall–Kier alpha value is -1.85. The molecule has 6 heteroatoms. The largest absolute Gasteiger partial charge is 0.477 e. The highest BCUT2D eigenvalue weighted by atomic mass is 16.6. The number of hydrogen-bond acceptors (Lipinski definition) is 5. The van der Waals surface area contributed by atoms with Crippen LogP contribution in [0.25, 0.3) is 0 Å². The van der Waals surface area contributed by atoms with Crippen molar-refractivity contribution in [3.63, 3.8) is 0 Å². The van der Waals surface area contributed by atoms with Crippen LogP contribution in [0.1, 0.15) is 45.7 Å². The minimum Gasteiger partial charge on any atom is -0.477 e. The zero-order chi connectivity index (χ0) is 16.9. The molecule has 1 fully saturated rings. The van der Waals surface area contributed by atoms with Crippen molar-refractivity contribution in [2.75, 3.05) is 19.7 Å². The van der Waals surface area contributed by atoms with Crippen LogP contribution in [-0.4, -0.2) is 46.5 Å². The monoisotopic (exact) mass is 321 g/mol. The molecule has 1 saturated heterocycles. The van der Waals surface area contributed by atoms with E-state index in [1.54, 1.807) is 0 Å². The van der Waals surface area contributed by atoms with Gasteiger partial charge in [0.1, 0.15) is 5.60 Å². The molecular formula is C17H27N3O3. The second-order valence-electron chi connectivity index (χ2n) is 7.08. The standard InChI is InChI=1S/C17H27N3O3/c1-13-7-8-15(19-18-13)22-11-9-14-6-5-10-20(12-14)16(21)23-17(2,3)4/h7-8,14H,5-6,9-12H2,1-4H3/t14-/m1/s1. The summed E-state index contributed by atoms with van der Waals surface area (Å²) in [6, 6.07) is 3.71. The average Bonchev–Trinajstić information content (AvgIpc) is 2.48. The second kappa shape index (κ2) is 7.62. The van der Waals surface area contributed by atoms with Crippen molar-refractivity contribution in [3.8, 4) is 5.88 Å². The van der Waals surface area contributed by atoms with Crippen LogP contribution in [0.4, 0.5) is 4.79 Å². The molecule has 1 aliphatic rings. The van der Waals surface area contributed by atoms with Crippen molar-refractivity contribution in [1.82, 2.24) is 15.1 Å². The van der Waals surface area contributed by atoms with Crippen LogP contribution in [0, 0.1) is 12.8 Å². The number of carbonyl (C=O) groups excluding carboxylic acids is 1. The topological polar surface area (TPSA) is 64.5 Å². The first kappa shape index (κ1) is 17.5.